The second kappa shape index (κ2) is 6.08. The maximum absolute atomic E-state index is 12.4. The van der Waals surface area contributed by atoms with E-state index in [1.807, 2.05) is 29.3 Å². The maximum atomic E-state index is 12.4. The van der Waals surface area contributed by atoms with Crippen molar-refractivity contribution in [2.75, 3.05) is 13.1 Å². The van der Waals surface area contributed by atoms with E-state index >= 15 is 0 Å². The number of hydrogen-bond donors (Lipinski definition) is 0. The third kappa shape index (κ3) is 3.29. The van der Waals surface area contributed by atoms with Gasteiger partial charge in [-0.3, -0.25) is 9.78 Å². The Morgan fingerprint density at radius 1 is 1.48 bits per heavy atom. The molecule has 1 atom stereocenters. The van der Waals surface area contributed by atoms with Crippen LogP contribution in [0.15, 0.2) is 35.0 Å². The fourth-order valence-electron chi connectivity index (χ4n) is 2.86. The molecule has 0 aromatic carbocycles. The maximum Gasteiger partial charge on any atom is 0.276 e. The highest BCUT2D eigenvalue weighted by Crippen LogP contribution is 2.21. The normalized spacial score (nSPS) is 18.7. The van der Waals surface area contributed by atoms with Crippen LogP contribution in [0.4, 0.5) is 0 Å². The van der Waals surface area contributed by atoms with Crippen molar-refractivity contribution in [3.8, 4) is 0 Å². The zero-order chi connectivity index (χ0) is 14.7. The van der Waals surface area contributed by atoms with Gasteiger partial charge >= 0.3 is 0 Å². The van der Waals surface area contributed by atoms with E-state index in [1.54, 1.807) is 13.0 Å². The molecule has 3 rings (SSSR count). The molecule has 1 amide bonds. The molecule has 0 radical (unpaired) electrons. The van der Waals surface area contributed by atoms with Gasteiger partial charge in [-0.25, -0.2) is 0 Å². The van der Waals surface area contributed by atoms with Gasteiger partial charge < -0.3 is 9.42 Å². The Morgan fingerprint density at radius 2 is 2.38 bits per heavy atom. The summed E-state index contributed by atoms with van der Waals surface area (Å²) in [6.45, 7) is 3.36. The first-order valence-electron chi connectivity index (χ1n) is 7.35. The fourth-order valence-corrected chi connectivity index (χ4v) is 2.86. The first kappa shape index (κ1) is 13.8. The number of carbonyl (C=O) groups excluding carboxylic acids is 1. The quantitative estimate of drug-likeness (QED) is 0.869. The molecular formula is C16H19N3O2. The van der Waals surface area contributed by atoms with E-state index in [4.69, 9.17) is 4.52 Å². The predicted molar refractivity (Wildman–Crippen MR) is 77.8 cm³/mol. The molecule has 0 unspecified atom stereocenters. The van der Waals surface area contributed by atoms with E-state index < -0.39 is 0 Å². The molecule has 0 bridgehead atoms. The highest BCUT2D eigenvalue weighted by molar-refractivity contribution is 5.92. The van der Waals surface area contributed by atoms with Gasteiger partial charge in [0.05, 0.1) is 0 Å². The van der Waals surface area contributed by atoms with Gasteiger partial charge in [0.25, 0.3) is 5.91 Å². The summed E-state index contributed by atoms with van der Waals surface area (Å²) in [5.41, 5.74) is 1.50. The number of aromatic nitrogens is 2. The van der Waals surface area contributed by atoms with Gasteiger partial charge in [-0.1, -0.05) is 11.2 Å². The first-order valence-corrected chi connectivity index (χ1v) is 7.35. The van der Waals surface area contributed by atoms with Gasteiger partial charge in [0, 0.05) is 31.0 Å². The Balaban J connectivity index is 1.64. The minimum atomic E-state index is -0.0300. The molecule has 0 saturated carbocycles. The molecule has 110 valence electrons. The van der Waals surface area contributed by atoms with E-state index in [0.29, 0.717) is 17.4 Å². The average molecular weight is 285 g/mol. The Hall–Kier alpha value is -2.17. The van der Waals surface area contributed by atoms with E-state index in [0.717, 1.165) is 38.0 Å². The molecule has 21 heavy (non-hydrogen) atoms. The van der Waals surface area contributed by atoms with Crippen LogP contribution in [-0.2, 0) is 6.42 Å². The summed E-state index contributed by atoms with van der Waals surface area (Å²) in [5, 5.41) is 3.82. The molecule has 0 N–H and O–H groups in total. The molecule has 2 aromatic rings. The van der Waals surface area contributed by atoms with Crippen molar-refractivity contribution >= 4 is 5.91 Å². The molecule has 0 spiro atoms. The van der Waals surface area contributed by atoms with Crippen LogP contribution >= 0.6 is 0 Å². The highest BCUT2D eigenvalue weighted by Gasteiger charge is 2.26. The second-order valence-corrected chi connectivity index (χ2v) is 5.61. The van der Waals surface area contributed by atoms with Crippen LogP contribution < -0.4 is 0 Å². The van der Waals surface area contributed by atoms with Gasteiger partial charge in [0.2, 0.25) is 0 Å². The van der Waals surface area contributed by atoms with E-state index in [1.165, 1.54) is 0 Å². The molecule has 3 heterocycles. The monoisotopic (exact) mass is 285 g/mol. The summed E-state index contributed by atoms with van der Waals surface area (Å²) in [6, 6.07) is 7.67. The number of pyridine rings is 1. The summed E-state index contributed by atoms with van der Waals surface area (Å²) < 4.78 is 4.99. The zero-order valence-corrected chi connectivity index (χ0v) is 12.2. The number of amides is 1. The summed E-state index contributed by atoms with van der Waals surface area (Å²) in [7, 11) is 0. The molecular weight excluding hydrogens is 266 g/mol. The summed E-state index contributed by atoms with van der Waals surface area (Å²) in [4.78, 5) is 18.7. The Bertz CT molecular complexity index is 609. The molecule has 1 saturated heterocycles. The summed E-state index contributed by atoms with van der Waals surface area (Å²) >= 11 is 0. The first-order chi connectivity index (χ1) is 10.2. The van der Waals surface area contributed by atoms with E-state index in [2.05, 4.69) is 10.1 Å². The van der Waals surface area contributed by atoms with Gasteiger partial charge in [-0.05, 0) is 44.2 Å². The van der Waals surface area contributed by atoms with E-state index in [-0.39, 0.29) is 5.91 Å². The zero-order valence-electron chi connectivity index (χ0n) is 12.2. The number of piperidine rings is 1. The van der Waals surface area contributed by atoms with Crippen molar-refractivity contribution in [1.29, 1.82) is 0 Å². The minimum Gasteiger partial charge on any atom is -0.361 e. The van der Waals surface area contributed by atoms with Gasteiger partial charge in [-0.2, -0.15) is 0 Å². The SMILES string of the molecule is Cc1cc(C(=O)N2CCC[C@H](Cc3ccccn3)C2)no1. The molecule has 1 fully saturated rings. The van der Waals surface area contributed by atoms with Crippen molar-refractivity contribution in [1.82, 2.24) is 15.0 Å². The standard InChI is InChI=1S/C16H19N3O2/c1-12-9-15(18-21-12)16(20)19-8-4-5-13(11-19)10-14-6-2-3-7-17-14/h2-3,6-7,9,13H,4-5,8,10-11H2,1H3/t13-/m1/s1. The Morgan fingerprint density at radius 3 is 3.10 bits per heavy atom. The highest BCUT2D eigenvalue weighted by atomic mass is 16.5. The molecule has 5 nitrogen and oxygen atoms in total. The van der Waals surface area contributed by atoms with Gasteiger partial charge in [0.1, 0.15) is 5.76 Å². The lowest BCUT2D eigenvalue weighted by molar-refractivity contribution is 0.0662. The number of likely N-dealkylation sites (tertiary alicyclic amines) is 1. The Labute approximate surface area is 124 Å². The van der Waals surface area contributed by atoms with Crippen LogP contribution in [0.2, 0.25) is 0 Å². The van der Waals surface area contributed by atoms with Crippen molar-refractivity contribution in [3.05, 3.63) is 47.6 Å². The summed E-state index contributed by atoms with van der Waals surface area (Å²) in [6.07, 6.45) is 4.90. The molecule has 1 aliphatic rings. The molecule has 1 aliphatic heterocycles. The lowest BCUT2D eigenvalue weighted by atomic mass is 9.93. The van der Waals surface area contributed by atoms with E-state index in [9.17, 15) is 4.79 Å². The number of carbonyl (C=O) groups is 1. The van der Waals surface area contributed by atoms with Crippen molar-refractivity contribution in [3.63, 3.8) is 0 Å². The molecule has 5 heteroatoms. The van der Waals surface area contributed by atoms with Crippen molar-refractivity contribution in [2.24, 2.45) is 5.92 Å². The number of nitrogens with zero attached hydrogens (tertiary/aromatic N) is 3. The fraction of sp³-hybridized carbons (Fsp3) is 0.438. The Kier molecular flexibility index (Phi) is 3.99. The largest absolute Gasteiger partial charge is 0.361 e. The predicted octanol–water partition coefficient (Wildman–Crippen LogP) is 2.47. The van der Waals surface area contributed by atoms with Gasteiger partial charge in [-0.15, -0.1) is 0 Å². The third-order valence-corrected chi connectivity index (χ3v) is 3.88. The second-order valence-electron chi connectivity index (χ2n) is 5.61. The average Bonchev–Trinajstić information content (AvgIpc) is 2.94. The number of aryl methyl sites for hydroxylation is 1. The number of hydrogen-bond acceptors (Lipinski definition) is 4. The summed E-state index contributed by atoms with van der Waals surface area (Å²) in [5.74, 6) is 1.10. The molecule has 0 aliphatic carbocycles. The van der Waals surface area contributed by atoms with Crippen LogP contribution in [0.1, 0.15) is 34.8 Å². The minimum absolute atomic E-state index is 0.0300. The van der Waals surface area contributed by atoms with Crippen molar-refractivity contribution in [2.45, 2.75) is 26.2 Å². The lowest BCUT2D eigenvalue weighted by Gasteiger charge is -2.32. The van der Waals surface area contributed by atoms with Crippen LogP contribution in [0.3, 0.4) is 0 Å². The number of rotatable bonds is 3. The third-order valence-electron chi connectivity index (χ3n) is 3.88. The van der Waals surface area contributed by atoms with Crippen LogP contribution in [0.5, 0.6) is 0 Å². The van der Waals surface area contributed by atoms with Crippen molar-refractivity contribution < 1.29 is 9.32 Å². The lowest BCUT2D eigenvalue weighted by Crippen LogP contribution is -2.40. The smallest absolute Gasteiger partial charge is 0.276 e. The topological polar surface area (TPSA) is 59.2 Å². The van der Waals surface area contributed by atoms with Crippen LogP contribution in [-0.4, -0.2) is 34.0 Å². The van der Waals surface area contributed by atoms with Crippen LogP contribution in [0, 0.1) is 12.8 Å². The van der Waals surface area contributed by atoms with Gasteiger partial charge in [0.15, 0.2) is 5.69 Å². The molecule has 2 aromatic heterocycles. The van der Waals surface area contributed by atoms with Crippen LogP contribution in [0.25, 0.3) is 0 Å².